The zero-order valence-electron chi connectivity index (χ0n) is 6.47. The third-order valence-corrected chi connectivity index (χ3v) is 0.556. The largest absolute Gasteiger partial charge is 6.00 e. The van der Waals surface area contributed by atoms with Crippen LogP contribution in [0.4, 0.5) is 0 Å². The van der Waals surface area contributed by atoms with Gasteiger partial charge in [-0.15, -0.1) is 0 Å². The van der Waals surface area contributed by atoms with Crippen LogP contribution in [0.25, 0.3) is 0 Å². The molecule has 4 heteroatoms. The quantitative estimate of drug-likeness (QED) is 0.285. The van der Waals surface area contributed by atoms with E-state index in [0.717, 1.165) is 0 Å². The maximum Gasteiger partial charge on any atom is 6.00 e. The Morgan fingerprint density at radius 2 is 1.25 bits per heavy atom. The van der Waals surface area contributed by atoms with Gasteiger partial charge >= 0.3 is 39.7 Å². The van der Waals surface area contributed by atoms with Gasteiger partial charge < -0.3 is 12.6 Å². The molecule has 0 amide bonds. The summed E-state index contributed by atoms with van der Waals surface area (Å²) in [7, 11) is 0. The predicted molar refractivity (Wildman–Crippen MR) is 43.2 cm³/mol. The molecule has 0 N–H and O–H groups in total. The second-order valence-corrected chi connectivity index (χ2v) is 0.962. The van der Waals surface area contributed by atoms with Gasteiger partial charge in [0.2, 0.25) is 0 Å². The summed E-state index contributed by atoms with van der Waals surface area (Å²) in [6, 6.07) is 10.0. The Morgan fingerprint density at radius 1 is 1.00 bits per heavy atom. The first-order valence-electron chi connectivity index (χ1n) is 2.48. The molecule has 0 saturated heterocycles. The fourth-order valence-electron chi connectivity index (χ4n) is 0.321. The van der Waals surface area contributed by atoms with Crippen LogP contribution in [0.5, 0.6) is 0 Å². The summed E-state index contributed by atoms with van der Waals surface area (Å²) in [6.07, 6.45) is 1.58. The van der Waals surface area contributed by atoms with Gasteiger partial charge in [0.1, 0.15) is 0 Å². The van der Waals surface area contributed by atoms with E-state index in [2.05, 4.69) is 25.9 Å². The summed E-state index contributed by atoms with van der Waals surface area (Å²) in [5.41, 5.74) is 0. The standard InChI is InChI=1S/C5H5.2CO.CH4S.Fe/c1-2-4-5-3-1;3*1-2;/h1-5H;;;2H,1H3;/q-1;;;;+6/p-1. The van der Waals surface area contributed by atoms with Crippen LogP contribution in [0, 0.1) is 13.3 Å². The van der Waals surface area contributed by atoms with E-state index in [-0.39, 0.29) is 17.1 Å². The van der Waals surface area contributed by atoms with Crippen molar-refractivity contribution < 1.29 is 26.4 Å². The van der Waals surface area contributed by atoms with Crippen LogP contribution in [0.15, 0.2) is 30.3 Å². The van der Waals surface area contributed by atoms with Crippen molar-refractivity contribution in [2.24, 2.45) is 0 Å². The van der Waals surface area contributed by atoms with Gasteiger partial charge in [-0.1, -0.05) is 0 Å². The third kappa shape index (κ3) is 33.2. The molecular weight excluding hydrogens is 216 g/mol. The molecule has 0 aliphatic carbocycles. The Hall–Kier alpha value is -0.301. The van der Waals surface area contributed by atoms with Gasteiger partial charge in [0.25, 0.3) is 0 Å². The molecule has 1 rings (SSSR count). The number of hydrogen-bond acceptors (Lipinski definition) is 1. The summed E-state index contributed by atoms with van der Waals surface area (Å²) in [6.45, 7) is 9.00. The Balaban J connectivity index is -0.0000000406. The van der Waals surface area contributed by atoms with Crippen LogP contribution < -0.4 is 0 Å². The molecule has 0 aromatic heterocycles. The fraction of sp³-hybridized carbons (Fsp3) is 0.125. The van der Waals surface area contributed by atoms with Crippen molar-refractivity contribution in [3.8, 4) is 0 Å². The Kier molecular flexibility index (Phi) is 85.8. The van der Waals surface area contributed by atoms with Crippen molar-refractivity contribution in [3.63, 3.8) is 0 Å². The van der Waals surface area contributed by atoms with Crippen molar-refractivity contribution >= 4 is 12.6 Å². The van der Waals surface area contributed by atoms with Crippen LogP contribution >= 0.6 is 0 Å². The normalized spacial score (nSPS) is 4.17. The predicted octanol–water partition coefficient (Wildman–Crippen LogP) is 1.49. The van der Waals surface area contributed by atoms with Crippen molar-refractivity contribution in [3.05, 3.63) is 43.6 Å². The minimum absolute atomic E-state index is 0. The molecule has 0 aliphatic rings. The molecule has 0 atom stereocenters. The van der Waals surface area contributed by atoms with Crippen LogP contribution in [-0.4, -0.2) is 6.26 Å². The minimum atomic E-state index is 0. The van der Waals surface area contributed by atoms with Gasteiger partial charge in [0, 0.05) is 0 Å². The monoisotopic (exact) mass is 224 g/mol. The second-order valence-electron chi connectivity index (χ2n) is 0.962. The zero-order chi connectivity index (χ0) is 9.54. The van der Waals surface area contributed by atoms with Gasteiger partial charge in [-0.25, -0.2) is 12.1 Å². The molecule has 12 heavy (non-hydrogen) atoms. The third-order valence-electron chi connectivity index (χ3n) is 0.556. The molecule has 0 heterocycles. The van der Waals surface area contributed by atoms with Crippen LogP contribution in [0.3, 0.4) is 0 Å². The molecule has 0 saturated carbocycles. The second kappa shape index (κ2) is 45.6. The van der Waals surface area contributed by atoms with E-state index in [4.69, 9.17) is 9.30 Å². The molecule has 0 radical (unpaired) electrons. The minimum Gasteiger partial charge on any atom is -0.214 e. The average Bonchev–Trinajstić information content (AvgIpc) is 2.71. The first-order chi connectivity index (χ1) is 5.50. The summed E-state index contributed by atoms with van der Waals surface area (Å²) >= 11 is 4.08. The van der Waals surface area contributed by atoms with Crippen molar-refractivity contribution in [2.45, 2.75) is 0 Å². The SMILES string of the molecule is C[S-].[C-]#[O+].[C-]#[O+].[Fe+6].c1cc[cH-]c1. The molecule has 2 nitrogen and oxygen atoms in total. The van der Waals surface area contributed by atoms with E-state index in [1.54, 1.807) is 6.26 Å². The first kappa shape index (κ1) is 22.6. The van der Waals surface area contributed by atoms with E-state index in [1.165, 1.54) is 0 Å². The molecule has 0 unspecified atom stereocenters. The van der Waals surface area contributed by atoms with Crippen molar-refractivity contribution in [2.75, 3.05) is 6.26 Å². The van der Waals surface area contributed by atoms with Crippen LogP contribution in [-0.2, 0) is 39.0 Å². The maximum absolute atomic E-state index is 7.50. The molecule has 62 valence electrons. The molecule has 0 fully saturated rings. The van der Waals surface area contributed by atoms with E-state index >= 15 is 0 Å². The summed E-state index contributed by atoms with van der Waals surface area (Å²) in [5.74, 6) is 0. The smallest absolute Gasteiger partial charge is 0.214 e. The van der Waals surface area contributed by atoms with Crippen LogP contribution in [0.2, 0.25) is 0 Å². The van der Waals surface area contributed by atoms with Gasteiger partial charge in [0.15, 0.2) is 0 Å². The maximum atomic E-state index is 7.50. The average molecular weight is 224 g/mol. The van der Waals surface area contributed by atoms with E-state index < -0.39 is 0 Å². The summed E-state index contributed by atoms with van der Waals surface area (Å²) in [4.78, 5) is 0. The molecule has 0 spiro atoms. The van der Waals surface area contributed by atoms with Gasteiger partial charge in [-0.2, -0.15) is 24.5 Å². The van der Waals surface area contributed by atoms with Crippen LogP contribution in [0.1, 0.15) is 0 Å². The Morgan fingerprint density at radius 3 is 1.33 bits per heavy atom. The van der Waals surface area contributed by atoms with E-state index in [0.29, 0.717) is 0 Å². The van der Waals surface area contributed by atoms with Gasteiger partial charge in [-0.05, 0) is 0 Å². The van der Waals surface area contributed by atoms with Gasteiger partial charge in [-0.3, -0.25) is 0 Å². The zero-order valence-corrected chi connectivity index (χ0v) is 8.39. The topological polar surface area (TPSA) is 39.8 Å². The Bertz CT molecular complexity index is 123. The number of hydrogen-bond donors (Lipinski definition) is 0. The summed E-state index contributed by atoms with van der Waals surface area (Å²) < 4.78 is 15.0. The fourth-order valence-corrected chi connectivity index (χ4v) is 0.321. The Labute approximate surface area is 89.0 Å². The van der Waals surface area contributed by atoms with Crippen molar-refractivity contribution in [1.29, 1.82) is 0 Å². The van der Waals surface area contributed by atoms with E-state index in [1.807, 2.05) is 30.3 Å². The molecule has 1 aromatic rings. The first-order valence-corrected chi connectivity index (χ1v) is 3.30. The number of rotatable bonds is 0. The van der Waals surface area contributed by atoms with Crippen molar-refractivity contribution in [1.82, 2.24) is 0 Å². The van der Waals surface area contributed by atoms with E-state index in [9.17, 15) is 0 Å². The molecular formula is C8H8FeO2S+4. The molecule has 0 bridgehead atoms. The molecule has 0 aliphatic heterocycles. The molecule has 1 aromatic carbocycles. The van der Waals surface area contributed by atoms with Gasteiger partial charge in [0.05, 0.1) is 0 Å². The summed E-state index contributed by atoms with van der Waals surface area (Å²) in [5, 5.41) is 0.